The molecule has 6 nitrogen and oxygen atoms in total. The van der Waals surface area contributed by atoms with Gasteiger partial charge < -0.3 is 10.1 Å². The lowest BCUT2D eigenvalue weighted by Crippen LogP contribution is -2.36. The summed E-state index contributed by atoms with van der Waals surface area (Å²) in [4.78, 5) is 14.7. The summed E-state index contributed by atoms with van der Waals surface area (Å²) in [6.45, 7) is 5.22. The molecule has 1 aromatic rings. The summed E-state index contributed by atoms with van der Waals surface area (Å²) in [6, 6.07) is 1.76. The summed E-state index contributed by atoms with van der Waals surface area (Å²) in [6.07, 6.45) is 2.43. The normalized spacial score (nSPS) is 23.7. The van der Waals surface area contributed by atoms with Crippen LogP contribution in [0.4, 0.5) is 11.5 Å². The van der Waals surface area contributed by atoms with Crippen LogP contribution in [0.3, 0.4) is 0 Å². The molecule has 2 atom stereocenters. The lowest BCUT2D eigenvalue weighted by Gasteiger charge is -2.29. The molecule has 0 spiro atoms. The molecule has 1 fully saturated rings. The predicted octanol–water partition coefficient (Wildman–Crippen LogP) is 2.14. The minimum Gasteiger partial charge on any atom is -0.381 e. The number of nitrogens with zero attached hydrogens (tertiary/aromatic N) is 2. The molecule has 2 heterocycles. The smallest absolute Gasteiger partial charge is 0.277 e. The van der Waals surface area contributed by atoms with Crippen LogP contribution in [0.5, 0.6) is 0 Å². The number of aromatic nitrogens is 1. The highest BCUT2D eigenvalue weighted by Gasteiger charge is 2.23. The lowest BCUT2D eigenvalue weighted by atomic mass is 9.98. The first-order valence-corrected chi connectivity index (χ1v) is 6.03. The zero-order valence-corrected chi connectivity index (χ0v) is 10.5. The van der Waals surface area contributed by atoms with E-state index >= 15 is 0 Å². The molecule has 0 aliphatic carbocycles. The van der Waals surface area contributed by atoms with Gasteiger partial charge in [0, 0.05) is 24.4 Å². The van der Waals surface area contributed by atoms with Crippen molar-refractivity contribution in [2.24, 2.45) is 5.92 Å². The summed E-state index contributed by atoms with van der Waals surface area (Å²) in [7, 11) is 0. The van der Waals surface area contributed by atoms with E-state index in [0.717, 1.165) is 13.0 Å². The number of nitrogens with one attached hydrogen (secondary N) is 1. The first-order valence-electron chi connectivity index (χ1n) is 6.03. The van der Waals surface area contributed by atoms with Gasteiger partial charge in [-0.05, 0) is 19.3 Å². The van der Waals surface area contributed by atoms with Crippen LogP contribution in [-0.2, 0) is 4.74 Å². The molecule has 2 unspecified atom stereocenters. The standard InChI is InChI=1S/C12H17N3O3/c1-8-6-13-12(5-11(8)15(16)17)14-10-3-4-18-7-9(10)2/h5-6,9-10H,3-4,7H2,1-2H3,(H,13,14). The number of hydrogen-bond donors (Lipinski definition) is 1. The third kappa shape index (κ3) is 2.76. The second kappa shape index (κ2) is 5.30. The Bertz CT molecular complexity index is 450. The van der Waals surface area contributed by atoms with Crippen molar-refractivity contribution in [2.45, 2.75) is 26.3 Å². The number of ether oxygens (including phenoxy) is 1. The molecule has 6 heteroatoms. The highest BCUT2D eigenvalue weighted by Crippen LogP contribution is 2.23. The van der Waals surface area contributed by atoms with Gasteiger partial charge >= 0.3 is 0 Å². The van der Waals surface area contributed by atoms with E-state index in [1.54, 1.807) is 6.92 Å². The first kappa shape index (κ1) is 12.8. The van der Waals surface area contributed by atoms with Crippen molar-refractivity contribution in [3.05, 3.63) is 27.9 Å². The molecule has 0 aromatic carbocycles. The maximum atomic E-state index is 10.9. The van der Waals surface area contributed by atoms with Crippen LogP contribution in [0.15, 0.2) is 12.3 Å². The van der Waals surface area contributed by atoms with E-state index in [9.17, 15) is 10.1 Å². The van der Waals surface area contributed by atoms with Crippen molar-refractivity contribution in [2.75, 3.05) is 18.5 Å². The van der Waals surface area contributed by atoms with Gasteiger partial charge in [-0.25, -0.2) is 4.98 Å². The van der Waals surface area contributed by atoms with Gasteiger partial charge in [0.2, 0.25) is 0 Å². The van der Waals surface area contributed by atoms with E-state index < -0.39 is 0 Å². The van der Waals surface area contributed by atoms with Gasteiger partial charge in [0.1, 0.15) is 5.82 Å². The van der Waals surface area contributed by atoms with Crippen molar-refractivity contribution in [1.82, 2.24) is 4.98 Å². The summed E-state index contributed by atoms with van der Waals surface area (Å²) in [5.41, 5.74) is 0.679. The zero-order valence-electron chi connectivity index (χ0n) is 10.5. The fourth-order valence-electron chi connectivity index (χ4n) is 2.07. The van der Waals surface area contributed by atoms with Crippen molar-refractivity contribution < 1.29 is 9.66 Å². The fraction of sp³-hybridized carbons (Fsp3) is 0.583. The molecule has 98 valence electrons. The van der Waals surface area contributed by atoms with Crippen LogP contribution in [0, 0.1) is 23.0 Å². The molecule has 0 amide bonds. The summed E-state index contributed by atoms with van der Waals surface area (Å²) in [5, 5.41) is 14.1. The van der Waals surface area contributed by atoms with Crippen molar-refractivity contribution in [1.29, 1.82) is 0 Å². The van der Waals surface area contributed by atoms with Gasteiger partial charge in [0.05, 0.1) is 17.6 Å². The minimum atomic E-state index is -0.379. The van der Waals surface area contributed by atoms with Crippen molar-refractivity contribution >= 4 is 11.5 Å². The monoisotopic (exact) mass is 251 g/mol. The van der Waals surface area contributed by atoms with Crippen LogP contribution in [-0.4, -0.2) is 29.2 Å². The topological polar surface area (TPSA) is 77.3 Å². The van der Waals surface area contributed by atoms with Crippen molar-refractivity contribution in [3.63, 3.8) is 0 Å². The van der Waals surface area contributed by atoms with Gasteiger partial charge in [-0.1, -0.05) is 6.92 Å². The molecule has 1 N–H and O–H groups in total. The maximum Gasteiger partial charge on any atom is 0.277 e. The van der Waals surface area contributed by atoms with E-state index in [1.165, 1.54) is 12.3 Å². The Morgan fingerprint density at radius 3 is 3.06 bits per heavy atom. The third-order valence-electron chi connectivity index (χ3n) is 3.25. The lowest BCUT2D eigenvalue weighted by molar-refractivity contribution is -0.385. The minimum absolute atomic E-state index is 0.104. The molecule has 18 heavy (non-hydrogen) atoms. The van der Waals surface area contributed by atoms with E-state index in [1.807, 2.05) is 0 Å². The van der Waals surface area contributed by atoms with Gasteiger partial charge in [-0.15, -0.1) is 0 Å². The first-order chi connectivity index (χ1) is 8.58. The van der Waals surface area contributed by atoms with Crippen LogP contribution >= 0.6 is 0 Å². The van der Waals surface area contributed by atoms with Crippen LogP contribution in [0.2, 0.25) is 0 Å². The Balaban J connectivity index is 2.14. The van der Waals surface area contributed by atoms with Gasteiger partial charge in [0.25, 0.3) is 5.69 Å². The van der Waals surface area contributed by atoms with Crippen LogP contribution in [0.1, 0.15) is 18.9 Å². The number of pyridine rings is 1. The molecule has 1 saturated heterocycles. The second-order valence-electron chi connectivity index (χ2n) is 4.70. The maximum absolute atomic E-state index is 10.9. The average Bonchev–Trinajstić information content (AvgIpc) is 2.34. The zero-order chi connectivity index (χ0) is 13.1. The van der Waals surface area contributed by atoms with Crippen LogP contribution in [0.25, 0.3) is 0 Å². The number of aryl methyl sites for hydroxylation is 1. The van der Waals surface area contributed by atoms with E-state index in [-0.39, 0.29) is 16.7 Å². The second-order valence-corrected chi connectivity index (χ2v) is 4.70. The largest absolute Gasteiger partial charge is 0.381 e. The SMILES string of the molecule is Cc1cnc(NC2CCOCC2C)cc1[N+](=O)[O-]. The van der Waals surface area contributed by atoms with E-state index in [4.69, 9.17) is 4.74 Å². The molecule has 0 radical (unpaired) electrons. The van der Waals surface area contributed by atoms with E-state index in [2.05, 4.69) is 17.2 Å². The van der Waals surface area contributed by atoms with E-state index in [0.29, 0.717) is 23.9 Å². The average molecular weight is 251 g/mol. The number of rotatable bonds is 3. The molecule has 1 aromatic heterocycles. The Kier molecular flexibility index (Phi) is 3.76. The molecule has 0 saturated carbocycles. The van der Waals surface area contributed by atoms with Gasteiger partial charge in [-0.2, -0.15) is 0 Å². The molecule has 0 bridgehead atoms. The quantitative estimate of drug-likeness (QED) is 0.657. The summed E-state index contributed by atoms with van der Waals surface area (Å²) < 4.78 is 5.36. The van der Waals surface area contributed by atoms with Crippen molar-refractivity contribution in [3.8, 4) is 0 Å². The highest BCUT2D eigenvalue weighted by molar-refractivity contribution is 5.49. The van der Waals surface area contributed by atoms with Gasteiger partial charge in [-0.3, -0.25) is 10.1 Å². The Morgan fingerprint density at radius 2 is 2.39 bits per heavy atom. The summed E-state index contributed by atoms with van der Waals surface area (Å²) in [5.74, 6) is 0.937. The number of anilines is 1. The fourth-order valence-corrected chi connectivity index (χ4v) is 2.07. The van der Waals surface area contributed by atoms with Gasteiger partial charge in [0.15, 0.2) is 0 Å². The van der Waals surface area contributed by atoms with Crippen LogP contribution < -0.4 is 5.32 Å². The molecular formula is C12H17N3O3. The third-order valence-corrected chi connectivity index (χ3v) is 3.25. The molecular weight excluding hydrogens is 234 g/mol. The Hall–Kier alpha value is -1.69. The summed E-state index contributed by atoms with van der Waals surface area (Å²) >= 11 is 0. The molecule has 1 aliphatic rings. The number of hydrogen-bond acceptors (Lipinski definition) is 5. The number of nitro groups is 1. The Labute approximate surface area is 106 Å². The Morgan fingerprint density at radius 1 is 1.61 bits per heavy atom. The highest BCUT2D eigenvalue weighted by atomic mass is 16.6. The predicted molar refractivity (Wildman–Crippen MR) is 67.6 cm³/mol. The molecule has 2 rings (SSSR count). The molecule has 1 aliphatic heterocycles.